The van der Waals surface area contributed by atoms with Gasteiger partial charge in [0.1, 0.15) is 0 Å². The van der Waals surface area contributed by atoms with Crippen molar-refractivity contribution in [3.63, 3.8) is 0 Å². The summed E-state index contributed by atoms with van der Waals surface area (Å²) in [5.74, 6) is -1.04. The highest BCUT2D eigenvalue weighted by molar-refractivity contribution is 6.42. The zero-order chi connectivity index (χ0) is 18.6. The van der Waals surface area contributed by atoms with Crippen molar-refractivity contribution in [2.24, 2.45) is 0 Å². The topological polar surface area (TPSA) is 55.4 Å². The van der Waals surface area contributed by atoms with E-state index in [0.29, 0.717) is 5.02 Å². The van der Waals surface area contributed by atoms with E-state index in [2.05, 4.69) is 5.32 Å². The Balaban J connectivity index is 1.89. The molecule has 0 spiro atoms. The Hall–Kier alpha value is -1.75. The first-order chi connectivity index (χ1) is 11.8. The van der Waals surface area contributed by atoms with Gasteiger partial charge in [-0.2, -0.15) is 0 Å². The Kier molecular flexibility index (Phi) is 6.71. The molecule has 0 aliphatic heterocycles. The maximum absolute atomic E-state index is 11.9. The lowest BCUT2D eigenvalue weighted by Gasteiger charge is -2.10. The number of nitrogens with one attached hydrogen (secondary N) is 1. The van der Waals surface area contributed by atoms with Crippen LogP contribution < -0.4 is 5.32 Å². The fraction of sp³-hybridized carbons (Fsp3) is 0.222. The summed E-state index contributed by atoms with van der Waals surface area (Å²) in [4.78, 5) is 23.8. The van der Waals surface area contributed by atoms with E-state index < -0.39 is 18.5 Å². The first-order valence-corrected chi connectivity index (χ1v) is 8.56. The molecule has 2 aromatic rings. The molecule has 0 atom stereocenters. The molecule has 0 fully saturated rings. The van der Waals surface area contributed by atoms with Crippen molar-refractivity contribution in [3.05, 3.63) is 62.1 Å². The van der Waals surface area contributed by atoms with E-state index in [-0.39, 0.29) is 22.2 Å². The summed E-state index contributed by atoms with van der Waals surface area (Å²) in [7, 11) is 0. The first kappa shape index (κ1) is 19.6. The molecule has 0 radical (unpaired) electrons. The third kappa shape index (κ3) is 5.63. The van der Waals surface area contributed by atoms with Crippen LogP contribution in [-0.2, 0) is 20.7 Å². The SMILES string of the molecule is Cc1ccc(CC(=O)OCC(=O)Nc2c(Cl)cc(Cl)cc2Cl)cc1C. The Morgan fingerprint density at radius 3 is 2.24 bits per heavy atom. The van der Waals surface area contributed by atoms with Crippen LogP contribution in [0.1, 0.15) is 16.7 Å². The number of carbonyl (C=O) groups is 2. The average Bonchev–Trinajstić information content (AvgIpc) is 2.52. The summed E-state index contributed by atoms with van der Waals surface area (Å²) in [6.07, 6.45) is 0.0941. The van der Waals surface area contributed by atoms with E-state index in [0.717, 1.165) is 16.7 Å². The van der Waals surface area contributed by atoms with Crippen molar-refractivity contribution < 1.29 is 14.3 Å². The molecule has 0 saturated carbocycles. The van der Waals surface area contributed by atoms with Crippen molar-refractivity contribution in [1.82, 2.24) is 0 Å². The van der Waals surface area contributed by atoms with E-state index in [1.165, 1.54) is 12.1 Å². The Bertz CT molecular complexity index is 798. The number of hydrogen-bond donors (Lipinski definition) is 1. The van der Waals surface area contributed by atoms with Gasteiger partial charge in [0, 0.05) is 5.02 Å². The molecule has 2 rings (SSSR count). The number of carbonyl (C=O) groups excluding carboxylic acids is 2. The van der Waals surface area contributed by atoms with Crippen LogP contribution in [0, 0.1) is 13.8 Å². The lowest BCUT2D eigenvalue weighted by Crippen LogP contribution is -2.22. The second-order valence-corrected chi connectivity index (χ2v) is 6.80. The highest BCUT2D eigenvalue weighted by Crippen LogP contribution is 2.33. The summed E-state index contributed by atoms with van der Waals surface area (Å²) in [5.41, 5.74) is 3.29. The van der Waals surface area contributed by atoms with Gasteiger partial charge < -0.3 is 10.1 Å². The molecule has 0 bridgehead atoms. The van der Waals surface area contributed by atoms with Gasteiger partial charge in [0.05, 0.1) is 22.2 Å². The number of ether oxygens (including phenoxy) is 1. The second-order valence-electron chi connectivity index (χ2n) is 5.55. The molecule has 4 nitrogen and oxygen atoms in total. The van der Waals surface area contributed by atoms with E-state index in [1.54, 1.807) is 0 Å². The number of hydrogen-bond acceptors (Lipinski definition) is 3. The molecule has 0 saturated heterocycles. The number of benzene rings is 2. The van der Waals surface area contributed by atoms with Gasteiger partial charge in [0.2, 0.25) is 0 Å². The molecule has 0 aliphatic carbocycles. The van der Waals surface area contributed by atoms with Crippen LogP contribution in [0.2, 0.25) is 15.1 Å². The van der Waals surface area contributed by atoms with Crippen LogP contribution in [0.5, 0.6) is 0 Å². The van der Waals surface area contributed by atoms with Crippen molar-refractivity contribution >= 4 is 52.4 Å². The van der Waals surface area contributed by atoms with E-state index in [4.69, 9.17) is 39.5 Å². The normalized spacial score (nSPS) is 10.4. The monoisotopic (exact) mass is 399 g/mol. The van der Waals surface area contributed by atoms with Gasteiger partial charge in [-0.15, -0.1) is 0 Å². The number of amides is 1. The van der Waals surface area contributed by atoms with Gasteiger partial charge in [-0.25, -0.2) is 0 Å². The predicted octanol–water partition coefficient (Wildman–Crippen LogP) is 4.99. The maximum atomic E-state index is 11.9. The molecule has 132 valence electrons. The third-order valence-electron chi connectivity index (χ3n) is 3.56. The fourth-order valence-corrected chi connectivity index (χ4v) is 3.03. The average molecular weight is 401 g/mol. The summed E-state index contributed by atoms with van der Waals surface area (Å²) in [6, 6.07) is 8.63. The molecule has 25 heavy (non-hydrogen) atoms. The summed E-state index contributed by atoms with van der Waals surface area (Å²) >= 11 is 17.8. The number of esters is 1. The predicted molar refractivity (Wildman–Crippen MR) is 101 cm³/mol. The number of rotatable bonds is 5. The van der Waals surface area contributed by atoms with Gasteiger partial charge in [0.25, 0.3) is 5.91 Å². The van der Waals surface area contributed by atoms with Crippen LogP contribution >= 0.6 is 34.8 Å². The Morgan fingerprint density at radius 2 is 1.64 bits per heavy atom. The first-order valence-electron chi connectivity index (χ1n) is 7.42. The molecular formula is C18H16Cl3NO3. The van der Waals surface area contributed by atoms with Crippen molar-refractivity contribution in [1.29, 1.82) is 0 Å². The van der Waals surface area contributed by atoms with Gasteiger partial charge in [-0.1, -0.05) is 53.0 Å². The molecule has 1 N–H and O–H groups in total. The number of aryl methyl sites for hydroxylation is 2. The maximum Gasteiger partial charge on any atom is 0.310 e. The molecule has 7 heteroatoms. The lowest BCUT2D eigenvalue weighted by molar-refractivity contribution is -0.146. The molecule has 0 aliphatic rings. The molecule has 0 unspecified atom stereocenters. The fourth-order valence-electron chi connectivity index (χ4n) is 2.11. The highest BCUT2D eigenvalue weighted by atomic mass is 35.5. The molecule has 0 aromatic heterocycles. The van der Waals surface area contributed by atoms with E-state index >= 15 is 0 Å². The van der Waals surface area contributed by atoms with Gasteiger partial charge in [-0.3, -0.25) is 9.59 Å². The molecular weight excluding hydrogens is 385 g/mol. The third-order valence-corrected chi connectivity index (χ3v) is 4.37. The van der Waals surface area contributed by atoms with Gasteiger partial charge in [-0.05, 0) is 42.7 Å². The zero-order valence-electron chi connectivity index (χ0n) is 13.7. The Morgan fingerprint density at radius 1 is 1.00 bits per heavy atom. The van der Waals surface area contributed by atoms with Crippen molar-refractivity contribution in [3.8, 4) is 0 Å². The Labute approximate surface area is 161 Å². The van der Waals surface area contributed by atoms with Crippen LogP contribution in [-0.4, -0.2) is 18.5 Å². The van der Waals surface area contributed by atoms with Crippen LogP contribution in [0.15, 0.2) is 30.3 Å². The van der Waals surface area contributed by atoms with Gasteiger partial charge in [0.15, 0.2) is 6.61 Å². The van der Waals surface area contributed by atoms with Crippen LogP contribution in [0.3, 0.4) is 0 Å². The van der Waals surface area contributed by atoms with Crippen LogP contribution in [0.4, 0.5) is 5.69 Å². The lowest BCUT2D eigenvalue weighted by atomic mass is 10.0. The molecule has 1 amide bonds. The molecule has 0 heterocycles. The summed E-state index contributed by atoms with van der Waals surface area (Å²) < 4.78 is 4.99. The van der Waals surface area contributed by atoms with Crippen molar-refractivity contribution in [2.45, 2.75) is 20.3 Å². The quantitative estimate of drug-likeness (QED) is 0.720. The van der Waals surface area contributed by atoms with E-state index in [1.807, 2.05) is 32.0 Å². The second kappa shape index (κ2) is 8.56. The largest absolute Gasteiger partial charge is 0.455 e. The standard InChI is InChI=1S/C18H16Cl3NO3/c1-10-3-4-12(5-11(10)2)6-17(24)25-9-16(23)22-18-14(20)7-13(19)8-15(18)21/h3-5,7-8H,6,9H2,1-2H3,(H,22,23). The van der Waals surface area contributed by atoms with Gasteiger partial charge >= 0.3 is 5.97 Å². The summed E-state index contributed by atoms with van der Waals surface area (Å²) in [6.45, 7) is 3.53. The minimum atomic E-state index is -0.542. The minimum absolute atomic E-state index is 0.0941. The molecule has 2 aromatic carbocycles. The smallest absolute Gasteiger partial charge is 0.310 e. The summed E-state index contributed by atoms with van der Waals surface area (Å²) in [5, 5.41) is 3.26. The number of halogens is 3. The highest BCUT2D eigenvalue weighted by Gasteiger charge is 2.13. The number of anilines is 1. The van der Waals surface area contributed by atoms with Crippen LogP contribution in [0.25, 0.3) is 0 Å². The van der Waals surface area contributed by atoms with Crippen molar-refractivity contribution in [2.75, 3.05) is 11.9 Å². The minimum Gasteiger partial charge on any atom is -0.455 e. The van der Waals surface area contributed by atoms with E-state index in [9.17, 15) is 9.59 Å². The zero-order valence-corrected chi connectivity index (χ0v) is 15.9.